The Labute approximate surface area is 196 Å². The van der Waals surface area contributed by atoms with Crippen molar-refractivity contribution in [3.8, 4) is 5.75 Å². The minimum absolute atomic E-state index is 0.286. The van der Waals surface area contributed by atoms with Gasteiger partial charge in [-0.2, -0.15) is 0 Å². The first-order valence-corrected chi connectivity index (χ1v) is 13.1. The Morgan fingerprint density at radius 2 is 1.59 bits per heavy atom. The van der Waals surface area contributed by atoms with E-state index >= 15 is 0 Å². The Hall–Kier alpha value is -2.02. The van der Waals surface area contributed by atoms with E-state index in [4.69, 9.17) is 4.74 Å². The average molecular weight is 457 g/mol. The number of hydrogen-bond donors (Lipinski definition) is 0. The van der Waals surface area contributed by atoms with Crippen LogP contribution in [0.3, 0.4) is 0 Å². The highest BCUT2D eigenvalue weighted by Gasteiger charge is 2.32. The van der Waals surface area contributed by atoms with Gasteiger partial charge >= 0.3 is 0 Å². The SMILES string of the molecule is COc1ccc(Cc2nnc(SCC(=O)N(C3CCCCC3)C3CCCCC3)n2C)cc1. The molecule has 2 aliphatic rings. The summed E-state index contributed by atoms with van der Waals surface area (Å²) in [6.45, 7) is 0. The van der Waals surface area contributed by atoms with Crippen molar-refractivity contribution in [2.45, 2.75) is 87.9 Å². The standard InChI is InChI=1S/C25H36N4O2S/c1-28-23(17-19-13-15-22(31-2)16-14-19)26-27-25(28)32-18-24(30)29(20-9-5-3-6-10-20)21-11-7-4-8-12-21/h13-16,20-21H,3-12,17-18H2,1-2H3. The lowest BCUT2D eigenvalue weighted by molar-refractivity contribution is -0.135. The van der Waals surface area contributed by atoms with Crippen molar-refractivity contribution in [2.24, 2.45) is 7.05 Å². The number of carbonyl (C=O) groups is 1. The van der Waals surface area contributed by atoms with Gasteiger partial charge in [0.15, 0.2) is 5.16 Å². The normalized spacial score (nSPS) is 17.9. The van der Waals surface area contributed by atoms with Gasteiger partial charge in [0.05, 0.1) is 12.9 Å². The van der Waals surface area contributed by atoms with Gasteiger partial charge < -0.3 is 14.2 Å². The highest BCUT2D eigenvalue weighted by Crippen LogP contribution is 2.31. The van der Waals surface area contributed by atoms with Gasteiger partial charge in [0.2, 0.25) is 5.91 Å². The number of carbonyl (C=O) groups excluding carboxylic acids is 1. The molecule has 0 atom stereocenters. The van der Waals surface area contributed by atoms with E-state index in [1.807, 2.05) is 23.7 Å². The highest BCUT2D eigenvalue weighted by atomic mass is 32.2. The highest BCUT2D eigenvalue weighted by molar-refractivity contribution is 7.99. The maximum Gasteiger partial charge on any atom is 0.233 e. The van der Waals surface area contributed by atoms with Gasteiger partial charge in [-0.05, 0) is 43.4 Å². The molecule has 1 heterocycles. The number of rotatable bonds is 8. The van der Waals surface area contributed by atoms with Gasteiger partial charge in [0.25, 0.3) is 0 Å². The Bertz CT molecular complexity index is 853. The Kier molecular flexibility index (Phi) is 8.11. The molecule has 2 aliphatic carbocycles. The first-order valence-electron chi connectivity index (χ1n) is 12.1. The summed E-state index contributed by atoms with van der Waals surface area (Å²) in [5.74, 6) is 2.48. The van der Waals surface area contributed by atoms with Gasteiger partial charge in [-0.1, -0.05) is 62.4 Å². The van der Waals surface area contributed by atoms with Crippen LogP contribution in [0.2, 0.25) is 0 Å². The molecular weight excluding hydrogens is 420 g/mol. The van der Waals surface area contributed by atoms with Crippen molar-refractivity contribution >= 4 is 17.7 Å². The van der Waals surface area contributed by atoms with Crippen molar-refractivity contribution in [3.63, 3.8) is 0 Å². The molecule has 1 aromatic carbocycles. The fourth-order valence-corrected chi connectivity index (χ4v) is 5.97. The number of ether oxygens (including phenoxy) is 1. The van der Waals surface area contributed by atoms with Gasteiger partial charge in [0.1, 0.15) is 11.6 Å². The van der Waals surface area contributed by atoms with E-state index < -0.39 is 0 Å². The van der Waals surface area contributed by atoms with E-state index in [0.29, 0.717) is 24.3 Å². The van der Waals surface area contributed by atoms with Crippen LogP contribution in [0.15, 0.2) is 29.4 Å². The maximum absolute atomic E-state index is 13.4. The number of aromatic nitrogens is 3. The van der Waals surface area contributed by atoms with E-state index in [-0.39, 0.29) is 5.91 Å². The lowest BCUT2D eigenvalue weighted by atomic mass is 9.88. The zero-order valence-corrected chi connectivity index (χ0v) is 20.3. The molecule has 0 radical (unpaired) electrons. The van der Waals surface area contributed by atoms with Crippen LogP contribution < -0.4 is 4.74 Å². The Morgan fingerprint density at radius 1 is 1.00 bits per heavy atom. The molecule has 2 fully saturated rings. The molecule has 2 saturated carbocycles. The molecule has 7 heteroatoms. The smallest absolute Gasteiger partial charge is 0.233 e. The average Bonchev–Trinajstić information content (AvgIpc) is 3.19. The molecule has 1 aromatic heterocycles. The molecule has 0 N–H and O–H groups in total. The van der Waals surface area contributed by atoms with E-state index in [9.17, 15) is 4.79 Å². The molecule has 6 nitrogen and oxygen atoms in total. The van der Waals surface area contributed by atoms with Gasteiger partial charge in [-0.3, -0.25) is 4.79 Å². The zero-order chi connectivity index (χ0) is 22.3. The summed E-state index contributed by atoms with van der Waals surface area (Å²) in [5, 5.41) is 9.59. The quantitative estimate of drug-likeness (QED) is 0.523. The second kappa shape index (κ2) is 11.2. The van der Waals surface area contributed by atoms with Gasteiger partial charge in [-0.25, -0.2) is 0 Å². The van der Waals surface area contributed by atoms with Gasteiger partial charge in [-0.15, -0.1) is 10.2 Å². The van der Waals surface area contributed by atoms with Crippen molar-refractivity contribution in [1.29, 1.82) is 0 Å². The number of hydrogen-bond acceptors (Lipinski definition) is 5. The van der Waals surface area contributed by atoms with Crippen molar-refractivity contribution in [3.05, 3.63) is 35.7 Å². The molecule has 0 aliphatic heterocycles. The lowest BCUT2D eigenvalue weighted by Crippen LogP contribution is -2.49. The molecule has 1 amide bonds. The maximum atomic E-state index is 13.4. The van der Waals surface area contributed by atoms with E-state index in [1.54, 1.807) is 7.11 Å². The molecule has 32 heavy (non-hydrogen) atoms. The number of methoxy groups -OCH3 is 1. The fourth-order valence-electron chi connectivity index (χ4n) is 5.18. The van der Waals surface area contributed by atoms with Crippen LogP contribution in [0, 0.1) is 0 Å². The largest absolute Gasteiger partial charge is 0.497 e. The summed E-state index contributed by atoms with van der Waals surface area (Å²) in [7, 11) is 3.66. The predicted molar refractivity (Wildman–Crippen MR) is 128 cm³/mol. The lowest BCUT2D eigenvalue weighted by Gasteiger charge is -2.41. The molecule has 174 valence electrons. The molecule has 0 bridgehead atoms. The monoisotopic (exact) mass is 456 g/mol. The van der Waals surface area contributed by atoms with Crippen LogP contribution in [-0.4, -0.2) is 50.5 Å². The molecule has 0 saturated heterocycles. The summed E-state index contributed by atoms with van der Waals surface area (Å²) in [6.07, 6.45) is 13.0. The van der Waals surface area contributed by atoms with Crippen molar-refractivity contribution in [2.75, 3.05) is 12.9 Å². The summed E-state index contributed by atoms with van der Waals surface area (Å²) in [6, 6.07) is 8.90. The van der Waals surface area contributed by atoms with Crippen LogP contribution in [0.5, 0.6) is 5.75 Å². The van der Waals surface area contributed by atoms with Crippen LogP contribution in [0.25, 0.3) is 0 Å². The number of thioether (sulfide) groups is 1. The summed E-state index contributed by atoms with van der Waals surface area (Å²) < 4.78 is 7.26. The molecule has 0 unspecified atom stereocenters. The van der Waals surface area contributed by atoms with Crippen LogP contribution in [0.1, 0.15) is 75.6 Å². The minimum atomic E-state index is 0.286. The van der Waals surface area contributed by atoms with E-state index in [2.05, 4.69) is 27.2 Å². The van der Waals surface area contributed by atoms with Crippen LogP contribution in [-0.2, 0) is 18.3 Å². The number of benzene rings is 1. The van der Waals surface area contributed by atoms with E-state index in [1.165, 1.54) is 76.0 Å². The number of amides is 1. The topological polar surface area (TPSA) is 60.3 Å². The molecule has 0 spiro atoms. The van der Waals surface area contributed by atoms with E-state index in [0.717, 1.165) is 22.3 Å². The Balaban J connectivity index is 1.39. The summed E-state index contributed by atoms with van der Waals surface area (Å²) in [5.41, 5.74) is 1.16. The fraction of sp³-hybridized carbons (Fsp3) is 0.640. The summed E-state index contributed by atoms with van der Waals surface area (Å²) in [4.78, 5) is 15.7. The third-order valence-corrected chi connectivity index (χ3v) is 8.00. The van der Waals surface area contributed by atoms with Crippen molar-refractivity contribution < 1.29 is 9.53 Å². The second-order valence-corrected chi connectivity index (χ2v) is 10.1. The minimum Gasteiger partial charge on any atom is -0.497 e. The second-order valence-electron chi connectivity index (χ2n) is 9.16. The third-order valence-electron chi connectivity index (χ3n) is 7.00. The zero-order valence-electron chi connectivity index (χ0n) is 19.5. The number of nitrogens with zero attached hydrogens (tertiary/aromatic N) is 4. The first kappa shape index (κ1) is 23.1. The Morgan fingerprint density at radius 3 is 2.16 bits per heavy atom. The van der Waals surface area contributed by atoms with Crippen molar-refractivity contribution in [1.82, 2.24) is 19.7 Å². The van der Waals surface area contributed by atoms with Crippen LogP contribution in [0.4, 0.5) is 0 Å². The molecule has 4 rings (SSSR count). The first-order chi connectivity index (χ1) is 15.7. The van der Waals surface area contributed by atoms with Gasteiger partial charge in [0, 0.05) is 25.6 Å². The summed E-state index contributed by atoms with van der Waals surface area (Å²) >= 11 is 1.53. The third kappa shape index (κ3) is 5.66. The van der Waals surface area contributed by atoms with Crippen LogP contribution >= 0.6 is 11.8 Å². The molecule has 2 aromatic rings. The predicted octanol–water partition coefficient (Wildman–Crippen LogP) is 5.00. The molecular formula is C25H36N4O2S.